The van der Waals surface area contributed by atoms with Crippen LogP contribution in [-0.4, -0.2) is 77.5 Å². The van der Waals surface area contributed by atoms with Crippen molar-refractivity contribution in [1.82, 2.24) is 24.8 Å². The number of likely N-dealkylation sites (N-methyl/N-ethyl adjacent to an activating group) is 1. The lowest BCUT2D eigenvalue weighted by Crippen LogP contribution is -2.57. The standard InChI is InChI=1S/C19H24N6O3/c1-24(2)8-4-5-17(26)25-11-14(12-25)22-16-9-13(10-21-18(16)27)15-6-7-20-19(23-15)28-3/h4-7,9-10,14,22H,8,11-12H2,1-3H3,(H,21,27)/b5-4+. The van der Waals surface area contributed by atoms with Crippen LogP contribution in [0.25, 0.3) is 11.3 Å². The van der Waals surface area contributed by atoms with E-state index in [4.69, 9.17) is 4.74 Å². The number of hydrogen-bond donors (Lipinski definition) is 2. The van der Waals surface area contributed by atoms with Crippen molar-refractivity contribution in [3.8, 4) is 17.3 Å². The van der Waals surface area contributed by atoms with Gasteiger partial charge in [0.05, 0.1) is 18.8 Å². The summed E-state index contributed by atoms with van der Waals surface area (Å²) >= 11 is 0. The highest BCUT2D eigenvalue weighted by atomic mass is 16.5. The summed E-state index contributed by atoms with van der Waals surface area (Å²) in [5.74, 6) is -0.0179. The van der Waals surface area contributed by atoms with Crippen LogP contribution < -0.4 is 15.6 Å². The van der Waals surface area contributed by atoms with E-state index in [0.29, 0.717) is 24.5 Å². The summed E-state index contributed by atoms with van der Waals surface area (Å²) in [4.78, 5) is 38.9. The number of anilines is 1. The number of hydrogen-bond acceptors (Lipinski definition) is 7. The molecule has 0 spiro atoms. The largest absolute Gasteiger partial charge is 0.467 e. The molecular formula is C19H24N6O3. The number of nitrogens with zero attached hydrogens (tertiary/aromatic N) is 4. The summed E-state index contributed by atoms with van der Waals surface area (Å²) in [5, 5.41) is 3.20. The molecule has 28 heavy (non-hydrogen) atoms. The number of methoxy groups -OCH3 is 1. The number of rotatable bonds is 7. The molecule has 2 aromatic rings. The predicted molar refractivity (Wildman–Crippen MR) is 106 cm³/mol. The van der Waals surface area contributed by atoms with Crippen LogP contribution in [0, 0.1) is 0 Å². The van der Waals surface area contributed by atoms with E-state index in [-0.39, 0.29) is 23.5 Å². The Morgan fingerprint density at radius 1 is 1.46 bits per heavy atom. The second-order valence-electron chi connectivity index (χ2n) is 6.81. The molecule has 0 aromatic carbocycles. The summed E-state index contributed by atoms with van der Waals surface area (Å²) < 4.78 is 5.04. The molecule has 1 aliphatic rings. The number of amides is 1. The van der Waals surface area contributed by atoms with Crippen molar-refractivity contribution in [2.45, 2.75) is 6.04 Å². The van der Waals surface area contributed by atoms with Gasteiger partial charge in [0.1, 0.15) is 5.69 Å². The maximum Gasteiger partial charge on any atom is 0.316 e. The van der Waals surface area contributed by atoms with Gasteiger partial charge in [0.25, 0.3) is 5.56 Å². The van der Waals surface area contributed by atoms with Gasteiger partial charge in [0.2, 0.25) is 5.91 Å². The predicted octanol–water partition coefficient (Wildman–Crippen LogP) is 0.581. The first-order valence-electron chi connectivity index (χ1n) is 8.93. The Hall–Kier alpha value is -3.20. The summed E-state index contributed by atoms with van der Waals surface area (Å²) in [5.41, 5.74) is 1.60. The third kappa shape index (κ3) is 4.74. The highest BCUT2D eigenvalue weighted by Gasteiger charge is 2.29. The Balaban J connectivity index is 1.62. The molecule has 0 aliphatic carbocycles. The smallest absolute Gasteiger partial charge is 0.316 e. The first-order chi connectivity index (χ1) is 13.5. The maximum atomic E-state index is 12.2. The zero-order valence-corrected chi connectivity index (χ0v) is 16.2. The molecule has 0 radical (unpaired) electrons. The third-order valence-corrected chi connectivity index (χ3v) is 4.30. The van der Waals surface area contributed by atoms with Gasteiger partial charge in [0.15, 0.2) is 0 Å². The van der Waals surface area contributed by atoms with Crippen LogP contribution in [0.2, 0.25) is 0 Å². The monoisotopic (exact) mass is 384 g/mol. The molecule has 9 heteroatoms. The second kappa shape index (κ2) is 8.66. The molecule has 0 bridgehead atoms. The van der Waals surface area contributed by atoms with Gasteiger partial charge in [0, 0.05) is 43.7 Å². The van der Waals surface area contributed by atoms with E-state index in [1.54, 1.807) is 35.5 Å². The minimum absolute atomic E-state index is 0.0179. The van der Waals surface area contributed by atoms with Gasteiger partial charge >= 0.3 is 6.01 Å². The summed E-state index contributed by atoms with van der Waals surface area (Å²) in [6, 6.07) is 3.77. The normalized spacial score (nSPS) is 14.4. The van der Waals surface area contributed by atoms with Crippen molar-refractivity contribution < 1.29 is 9.53 Å². The van der Waals surface area contributed by atoms with Gasteiger partial charge in [-0.05, 0) is 26.2 Å². The number of nitrogens with one attached hydrogen (secondary N) is 2. The summed E-state index contributed by atoms with van der Waals surface area (Å²) in [7, 11) is 5.39. The molecule has 0 unspecified atom stereocenters. The van der Waals surface area contributed by atoms with Crippen molar-refractivity contribution in [3.63, 3.8) is 0 Å². The minimum atomic E-state index is -0.222. The van der Waals surface area contributed by atoms with Crippen molar-refractivity contribution in [2.75, 3.05) is 46.2 Å². The van der Waals surface area contributed by atoms with E-state index in [1.807, 2.05) is 25.1 Å². The number of aromatic amines is 1. The lowest BCUT2D eigenvalue weighted by molar-refractivity contribution is -0.129. The number of aromatic nitrogens is 3. The number of ether oxygens (including phenoxy) is 1. The lowest BCUT2D eigenvalue weighted by Gasteiger charge is -2.39. The Kier molecular flexibility index (Phi) is 6.05. The van der Waals surface area contributed by atoms with Crippen LogP contribution in [0.15, 0.2) is 41.5 Å². The summed E-state index contributed by atoms with van der Waals surface area (Å²) in [6.45, 7) is 1.82. The molecule has 0 saturated carbocycles. The first-order valence-corrected chi connectivity index (χ1v) is 8.93. The molecule has 3 rings (SSSR count). The topological polar surface area (TPSA) is 103 Å². The molecule has 1 fully saturated rings. The van der Waals surface area contributed by atoms with Crippen molar-refractivity contribution in [1.29, 1.82) is 0 Å². The maximum absolute atomic E-state index is 12.2. The minimum Gasteiger partial charge on any atom is -0.467 e. The number of carbonyl (C=O) groups excluding carboxylic acids is 1. The average Bonchev–Trinajstić information content (AvgIpc) is 2.65. The number of likely N-dealkylation sites (tertiary alicyclic amines) is 1. The molecule has 1 aliphatic heterocycles. The molecule has 1 saturated heterocycles. The molecule has 1 amide bonds. The van der Waals surface area contributed by atoms with Gasteiger partial charge in [-0.25, -0.2) is 4.98 Å². The molecule has 3 heterocycles. The third-order valence-electron chi connectivity index (χ3n) is 4.30. The van der Waals surface area contributed by atoms with Crippen molar-refractivity contribution >= 4 is 11.6 Å². The number of carbonyl (C=O) groups is 1. The van der Waals surface area contributed by atoms with Gasteiger partial charge in [-0.15, -0.1) is 0 Å². The Labute approximate surface area is 163 Å². The lowest BCUT2D eigenvalue weighted by atomic mass is 10.1. The van der Waals surface area contributed by atoms with E-state index >= 15 is 0 Å². The second-order valence-corrected chi connectivity index (χ2v) is 6.81. The Bertz CT molecular complexity index is 918. The van der Waals surface area contributed by atoms with E-state index in [0.717, 1.165) is 12.1 Å². The van der Waals surface area contributed by atoms with Crippen LogP contribution in [0.3, 0.4) is 0 Å². The first kappa shape index (κ1) is 19.6. The van der Waals surface area contributed by atoms with Gasteiger partial charge in [-0.3, -0.25) is 9.59 Å². The zero-order chi connectivity index (χ0) is 20.1. The van der Waals surface area contributed by atoms with E-state index in [9.17, 15) is 9.59 Å². The summed E-state index contributed by atoms with van der Waals surface area (Å²) in [6.07, 6.45) is 6.62. The van der Waals surface area contributed by atoms with Crippen LogP contribution in [0.5, 0.6) is 6.01 Å². The fourth-order valence-corrected chi connectivity index (χ4v) is 2.78. The highest BCUT2D eigenvalue weighted by Crippen LogP contribution is 2.20. The van der Waals surface area contributed by atoms with Gasteiger partial charge in [-0.2, -0.15) is 4.98 Å². The van der Waals surface area contributed by atoms with Gasteiger partial charge < -0.3 is 24.8 Å². The quantitative estimate of drug-likeness (QED) is 0.673. The van der Waals surface area contributed by atoms with Crippen LogP contribution in [-0.2, 0) is 4.79 Å². The van der Waals surface area contributed by atoms with Crippen molar-refractivity contribution in [2.24, 2.45) is 0 Å². The SMILES string of the molecule is COc1nccc(-c2c[nH]c(=O)c(NC3CN(C(=O)/C=C/CN(C)C)C3)c2)n1. The fourth-order valence-electron chi connectivity index (χ4n) is 2.78. The fraction of sp³-hybridized carbons (Fsp3) is 0.368. The molecule has 148 valence electrons. The van der Waals surface area contributed by atoms with Gasteiger partial charge in [-0.1, -0.05) is 6.08 Å². The van der Waals surface area contributed by atoms with Crippen LogP contribution in [0.1, 0.15) is 0 Å². The molecule has 0 atom stereocenters. The average molecular weight is 384 g/mol. The molecule has 2 N–H and O–H groups in total. The van der Waals surface area contributed by atoms with Crippen molar-refractivity contribution in [3.05, 3.63) is 47.0 Å². The molecule has 2 aromatic heterocycles. The molecule has 9 nitrogen and oxygen atoms in total. The Morgan fingerprint density at radius 3 is 2.96 bits per heavy atom. The van der Waals surface area contributed by atoms with Crippen LogP contribution in [0.4, 0.5) is 5.69 Å². The highest BCUT2D eigenvalue weighted by molar-refractivity contribution is 5.88. The van der Waals surface area contributed by atoms with E-state index in [1.165, 1.54) is 7.11 Å². The zero-order valence-electron chi connectivity index (χ0n) is 16.2. The van der Waals surface area contributed by atoms with E-state index in [2.05, 4.69) is 20.3 Å². The number of pyridine rings is 1. The van der Waals surface area contributed by atoms with Crippen LogP contribution >= 0.6 is 0 Å². The Morgan fingerprint density at radius 2 is 2.25 bits per heavy atom. The van der Waals surface area contributed by atoms with E-state index < -0.39 is 0 Å². The number of H-pyrrole nitrogens is 1. The molecular weight excluding hydrogens is 360 g/mol.